The number of amides is 1. The predicted octanol–water partition coefficient (Wildman–Crippen LogP) is 2.29. The summed E-state index contributed by atoms with van der Waals surface area (Å²) in [6.45, 7) is 10.0. The van der Waals surface area contributed by atoms with Crippen LogP contribution in [-0.2, 0) is 4.79 Å². The molecule has 0 saturated heterocycles. The summed E-state index contributed by atoms with van der Waals surface area (Å²) in [5.41, 5.74) is 2.05. The van der Waals surface area contributed by atoms with E-state index in [0.29, 0.717) is 24.3 Å². The van der Waals surface area contributed by atoms with E-state index in [1.54, 1.807) is 0 Å². The minimum absolute atomic E-state index is 0.0205. The molecule has 1 aromatic heterocycles. The average Bonchev–Trinajstić information content (AvgIpc) is 2.25. The van der Waals surface area contributed by atoms with Gasteiger partial charge in [-0.1, -0.05) is 0 Å². The van der Waals surface area contributed by atoms with E-state index < -0.39 is 0 Å². The Morgan fingerprint density at radius 3 is 2.60 bits per heavy atom. The number of pyridine rings is 1. The van der Waals surface area contributed by atoms with Crippen LogP contribution in [0.4, 0.5) is 5.82 Å². The van der Waals surface area contributed by atoms with Gasteiger partial charge in [0.05, 0.1) is 5.56 Å². The Morgan fingerprint density at radius 2 is 2.05 bits per heavy atom. The highest BCUT2D eigenvalue weighted by Gasteiger charge is 2.14. The number of hydrogen-bond donors (Lipinski definition) is 2. The quantitative estimate of drug-likeness (QED) is 0.883. The van der Waals surface area contributed by atoms with Crippen LogP contribution in [0.5, 0.6) is 0 Å². The molecule has 0 unspecified atom stereocenters. The topological polar surface area (TPSA) is 77.8 Å². The van der Waals surface area contributed by atoms with E-state index in [0.717, 1.165) is 11.3 Å². The van der Waals surface area contributed by atoms with Gasteiger partial charge in [-0.3, -0.25) is 4.79 Å². The molecule has 0 aliphatic rings. The average molecular weight is 274 g/mol. The van der Waals surface area contributed by atoms with Crippen LogP contribution < -0.4 is 10.6 Å². The third-order valence-electron chi connectivity index (χ3n) is 2.62. The Morgan fingerprint density at radius 1 is 1.40 bits per heavy atom. The number of rotatable bonds is 4. The van der Waals surface area contributed by atoms with E-state index in [4.69, 9.17) is 5.26 Å². The van der Waals surface area contributed by atoms with E-state index >= 15 is 0 Å². The number of anilines is 1. The number of nitrogens with one attached hydrogen (secondary N) is 2. The van der Waals surface area contributed by atoms with Gasteiger partial charge < -0.3 is 10.6 Å². The number of nitrogens with zero attached hydrogens (tertiary/aromatic N) is 2. The lowest BCUT2D eigenvalue weighted by Crippen LogP contribution is -2.41. The normalized spacial score (nSPS) is 10.8. The summed E-state index contributed by atoms with van der Waals surface area (Å²) in [6, 6.07) is 4.01. The highest BCUT2D eigenvalue weighted by atomic mass is 16.1. The summed E-state index contributed by atoms with van der Waals surface area (Å²) in [6.07, 6.45) is 0.344. The Hall–Kier alpha value is -2.09. The van der Waals surface area contributed by atoms with Crippen molar-refractivity contribution in [1.82, 2.24) is 10.3 Å². The molecule has 5 heteroatoms. The first-order valence-electron chi connectivity index (χ1n) is 6.66. The lowest BCUT2D eigenvalue weighted by molar-refractivity contribution is -0.122. The molecule has 1 heterocycles. The van der Waals surface area contributed by atoms with Crippen molar-refractivity contribution in [2.75, 3.05) is 11.9 Å². The largest absolute Gasteiger partial charge is 0.368 e. The van der Waals surface area contributed by atoms with Crippen molar-refractivity contribution < 1.29 is 4.79 Å². The summed E-state index contributed by atoms with van der Waals surface area (Å²) in [5.74, 6) is 0.529. The lowest BCUT2D eigenvalue weighted by Gasteiger charge is -2.20. The van der Waals surface area contributed by atoms with Gasteiger partial charge >= 0.3 is 0 Å². The van der Waals surface area contributed by atoms with Crippen molar-refractivity contribution in [1.29, 1.82) is 5.26 Å². The van der Waals surface area contributed by atoms with Crippen molar-refractivity contribution in [3.05, 3.63) is 22.9 Å². The summed E-state index contributed by atoms with van der Waals surface area (Å²) >= 11 is 0. The zero-order valence-electron chi connectivity index (χ0n) is 12.8. The van der Waals surface area contributed by atoms with E-state index in [1.165, 1.54) is 0 Å². The number of nitriles is 1. The van der Waals surface area contributed by atoms with Crippen LogP contribution in [0.2, 0.25) is 0 Å². The van der Waals surface area contributed by atoms with Crippen molar-refractivity contribution >= 4 is 11.7 Å². The van der Waals surface area contributed by atoms with Crippen LogP contribution in [0.1, 0.15) is 44.0 Å². The third kappa shape index (κ3) is 4.88. The Bertz CT molecular complexity index is 538. The fourth-order valence-electron chi connectivity index (χ4n) is 1.88. The molecule has 108 valence electrons. The Kier molecular flexibility index (Phi) is 5.09. The third-order valence-corrected chi connectivity index (χ3v) is 2.62. The molecule has 0 bridgehead atoms. The molecule has 0 radical (unpaired) electrons. The van der Waals surface area contributed by atoms with Crippen LogP contribution in [0.15, 0.2) is 6.07 Å². The van der Waals surface area contributed by atoms with Crippen LogP contribution in [0, 0.1) is 25.2 Å². The first kappa shape index (κ1) is 16.0. The summed E-state index contributed by atoms with van der Waals surface area (Å²) in [5, 5.41) is 15.1. The first-order chi connectivity index (χ1) is 9.23. The monoisotopic (exact) mass is 274 g/mol. The summed E-state index contributed by atoms with van der Waals surface area (Å²) < 4.78 is 0. The van der Waals surface area contributed by atoms with Gasteiger partial charge in [0, 0.05) is 24.2 Å². The van der Waals surface area contributed by atoms with Crippen molar-refractivity contribution in [2.45, 2.75) is 46.6 Å². The highest BCUT2D eigenvalue weighted by molar-refractivity contribution is 5.77. The minimum Gasteiger partial charge on any atom is -0.368 e. The summed E-state index contributed by atoms with van der Waals surface area (Å²) in [4.78, 5) is 16.0. The molecule has 0 spiro atoms. The zero-order valence-corrected chi connectivity index (χ0v) is 12.8. The standard InChI is InChI=1S/C15H22N4O/c1-10-8-11(2)18-14(12(10)9-16)17-7-6-13(20)19-15(3,4)5/h8H,6-7H2,1-5H3,(H,17,18)(H,19,20). The maximum absolute atomic E-state index is 11.7. The first-order valence-corrected chi connectivity index (χ1v) is 6.66. The molecule has 1 rings (SSSR count). The molecule has 0 aliphatic heterocycles. The second-order valence-electron chi connectivity index (χ2n) is 5.89. The molecule has 5 nitrogen and oxygen atoms in total. The molecule has 0 fully saturated rings. The van der Waals surface area contributed by atoms with Gasteiger partial charge in [-0.15, -0.1) is 0 Å². The minimum atomic E-state index is -0.229. The fourth-order valence-corrected chi connectivity index (χ4v) is 1.88. The van der Waals surface area contributed by atoms with Crippen molar-refractivity contribution in [3.8, 4) is 6.07 Å². The van der Waals surface area contributed by atoms with Crippen LogP contribution in [0.3, 0.4) is 0 Å². The van der Waals surface area contributed by atoms with Gasteiger partial charge in [0.2, 0.25) is 5.91 Å². The highest BCUT2D eigenvalue weighted by Crippen LogP contribution is 2.17. The number of aromatic nitrogens is 1. The Balaban J connectivity index is 2.63. The molecule has 0 saturated carbocycles. The van der Waals surface area contributed by atoms with Crippen LogP contribution >= 0.6 is 0 Å². The van der Waals surface area contributed by atoms with Crippen molar-refractivity contribution in [2.24, 2.45) is 0 Å². The number of hydrogen-bond acceptors (Lipinski definition) is 4. The smallest absolute Gasteiger partial charge is 0.222 e. The molecule has 0 aliphatic carbocycles. The second-order valence-corrected chi connectivity index (χ2v) is 5.89. The van der Waals surface area contributed by atoms with E-state index in [-0.39, 0.29) is 11.4 Å². The fraction of sp³-hybridized carbons (Fsp3) is 0.533. The van der Waals surface area contributed by atoms with E-state index in [1.807, 2.05) is 40.7 Å². The number of carbonyl (C=O) groups excluding carboxylic acids is 1. The SMILES string of the molecule is Cc1cc(C)c(C#N)c(NCCC(=O)NC(C)(C)C)n1. The number of aryl methyl sites for hydroxylation is 2. The second kappa shape index (κ2) is 6.38. The van der Waals surface area contributed by atoms with E-state index in [9.17, 15) is 4.79 Å². The van der Waals surface area contributed by atoms with Crippen molar-refractivity contribution in [3.63, 3.8) is 0 Å². The maximum Gasteiger partial charge on any atom is 0.222 e. The van der Waals surface area contributed by atoms with E-state index in [2.05, 4.69) is 21.7 Å². The van der Waals surface area contributed by atoms with Gasteiger partial charge in [0.1, 0.15) is 11.9 Å². The molecular formula is C15H22N4O. The van der Waals surface area contributed by atoms with Gasteiger partial charge in [-0.25, -0.2) is 4.98 Å². The van der Waals surface area contributed by atoms with Gasteiger partial charge in [-0.05, 0) is 46.2 Å². The zero-order chi connectivity index (χ0) is 15.3. The lowest BCUT2D eigenvalue weighted by atomic mass is 10.1. The maximum atomic E-state index is 11.7. The predicted molar refractivity (Wildman–Crippen MR) is 79.4 cm³/mol. The molecule has 0 atom stereocenters. The molecule has 1 aromatic rings. The summed E-state index contributed by atoms with van der Waals surface area (Å²) in [7, 11) is 0. The Labute approximate surface area is 120 Å². The molecule has 20 heavy (non-hydrogen) atoms. The molecule has 2 N–H and O–H groups in total. The van der Waals surface area contributed by atoms with Crippen LogP contribution in [0.25, 0.3) is 0 Å². The molecular weight excluding hydrogens is 252 g/mol. The van der Waals surface area contributed by atoms with Gasteiger partial charge in [-0.2, -0.15) is 5.26 Å². The number of carbonyl (C=O) groups is 1. The van der Waals surface area contributed by atoms with Crippen LogP contribution in [-0.4, -0.2) is 23.0 Å². The molecule has 0 aromatic carbocycles. The van der Waals surface area contributed by atoms with Gasteiger partial charge in [0.25, 0.3) is 0 Å². The molecule has 1 amide bonds. The van der Waals surface area contributed by atoms with Gasteiger partial charge in [0.15, 0.2) is 0 Å².